The van der Waals surface area contributed by atoms with Crippen molar-refractivity contribution in [3.05, 3.63) is 23.3 Å². The van der Waals surface area contributed by atoms with E-state index >= 15 is 0 Å². The highest BCUT2D eigenvalue weighted by Crippen LogP contribution is 2.61. The fourth-order valence-electron chi connectivity index (χ4n) is 6.28. The number of aliphatic hydroxyl groups is 1. The van der Waals surface area contributed by atoms with Crippen LogP contribution in [0.3, 0.4) is 0 Å². The number of hydrogen-bond acceptors (Lipinski definition) is 6. The highest BCUT2D eigenvalue weighted by molar-refractivity contribution is 6.77. The lowest BCUT2D eigenvalue weighted by atomic mass is 9.75. The second kappa shape index (κ2) is 8.09. The molecule has 5 atom stereocenters. The van der Waals surface area contributed by atoms with Crippen molar-refractivity contribution in [3.63, 3.8) is 0 Å². The molecule has 0 aliphatic carbocycles. The monoisotopic (exact) mass is 436 g/mol. The predicted molar refractivity (Wildman–Crippen MR) is 116 cm³/mol. The summed E-state index contributed by atoms with van der Waals surface area (Å²) in [5.74, 6) is 1.37. The highest BCUT2D eigenvalue weighted by atomic mass is 28.4. The number of aliphatic hydroxyl groups excluding tert-OH is 1. The van der Waals surface area contributed by atoms with Gasteiger partial charge in [-0.25, -0.2) is 0 Å². The summed E-state index contributed by atoms with van der Waals surface area (Å²) in [7, 11) is -0.450. The molecule has 0 aromatic heterocycles. The van der Waals surface area contributed by atoms with Gasteiger partial charge in [-0.2, -0.15) is 0 Å². The first kappa shape index (κ1) is 22.1. The van der Waals surface area contributed by atoms with Gasteiger partial charge in [-0.05, 0) is 39.9 Å². The van der Waals surface area contributed by atoms with Crippen LogP contribution in [0.15, 0.2) is 12.1 Å². The third kappa shape index (κ3) is 3.13. The molecule has 2 bridgehead atoms. The summed E-state index contributed by atoms with van der Waals surface area (Å²) >= 11 is 0. The van der Waals surface area contributed by atoms with Gasteiger partial charge in [0.25, 0.3) is 0 Å². The Morgan fingerprint density at radius 2 is 1.50 bits per heavy atom. The first-order valence-corrected chi connectivity index (χ1v) is 13.3. The molecule has 0 radical (unpaired) electrons. The Hall–Kier alpha value is -1.12. The molecule has 0 saturated carbocycles. The Kier molecular flexibility index (Phi) is 5.96. The molecular formula is C23H36O6Si. The summed E-state index contributed by atoms with van der Waals surface area (Å²) in [5, 5.41) is 10.3. The van der Waals surface area contributed by atoms with Crippen LogP contribution in [0.1, 0.15) is 64.9 Å². The van der Waals surface area contributed by atoms with E-state index in [0.29, 0.717) is 16.6 Å². The summed E-state index contributed by atoms with van der Waals surface area (Å²) < 4.78 is 30.6. The topological polar surface area (TPSA) is 66.4 Å². The smallest absolute Gasteiger partial charge is 0.231 e. The Bertz CT molecular complexity index is 757. The van der Waals surface area contributed by atoms with Gasteiger partial charge >= 0.3 is 0 Å². The molecule has 1 saturated heterocycles. The zero-order valence-corrected chi connectivity index (χ0v) is 20.2. The number of methoxy groups -OCH3 is 1. The quantitative estimate of drug-likeness (QED) is 0.460. The maximum atomic E-state index is 10.3. The zero-order valence-electron chi connectivity index (χ0n) is 19.2. The fourth-order valence-corrected chi connectivity index (χ4v) is 11.8. The van der Waals surface area contributed by atoms with E-state index in [9.17, 15) is 5.11 Å². The minimum absolute atomic E-state index is 0.0303. The van der Waals surface area contributed by atoms with Gasteiger partial charge in [-0.3, -0.25) is 0 Å². The van der Waals surface area contributed by atoms with Crippen LogP contribution in [-0.4, -0.2) is 40.2 Å². The number of ether oxygens (including phenoxy) is 4. The summed E-state index contributed by atoms with van der Waals surface area (Å²) in [6, 6.07) is 4.05. The van der Waals surface area contributed by atoms with Crippen molar-refractivity contribution < 1.29 is 28.5 Å². The van der Waals surface area contributed by atoms with Crippen LogP contribution in [-0.2, 0) is 13.9 Å². The van der Waals surface area contributed by atoms with Crippen LogP contribution in [0.4, 0.5) is 0 Å². The van der Waals surface area contributed by atoms with Crippen LogP contribution in [0.5, 0.6) is 11.5 Å². The standard InChI is InChI=1S/C23H36O6Si/c1-12(2)30(13(3)4,14(5)6)29-23(25-7)20-17(10-24)21-15-8-18-19(27-11-26-18)9-16(15)22(20)28-21/h8-9,12-14,17,20-24H,10-11H2,1-7H3/t17-,20-,21-,22+,23?/m1/s1. The summed E-state index contributed by atoms with van der Waals surface area (Å²) in [4.78, 5) is 0. The van der Waals surface area contributed by atoms with Gasteiger partial charge in [0.15, 0.2) is 17.8 Å². The molecule has 30 heavy (non-hydrogen) atoms. The van der Waals surface area contributed by atoms with Crippen molar-refractivity contribution in [1.29, 1.82) is 0 Å². The van der Waals surface area contributed by atoms with E-state index in [4.69, 9.17) is 23.4 Å². The van der Waals surface area contributed by atoms with Crippen LogP contribution >= 0.6 is 0 Å². The minimum atomic E-state index is -2.16. The normalized spacial score (nSPS) is 28.1. The fraction of sp³-hybridized carbons (Fsp3) is 0.739. The highest BCUT2D eigenvalue weighted by Gasteiger charge is 2.58. The molecular weight excluding hydrogens is 400 g/mol. The molecule has 0 spiro atoms. The van der Waals surface area contributed by atoms with Crippen molar-refractivity contribution >= 4 is 8.32 Å². The average molecular weight is 437 g/mol. The molecule has 3 aliphatic rings. The molecule has 1 aromatic rings. The summed E-state index contributed by atoms with van der Waals surface area (Å²) in [6.45, 7) is 13.9. The minimum Gasteiger partial charge on any atom is -0.454 e. The number of hydrogen-bond donors (Lipinski definition) is 1. The van der Waals surface area contributed by atoms with Gasteiger partial charge in [0.05, 0.1) is 12.2 Å². The van der Waals surface area contributed by atoms with Gasteiger partial charge < -0.3 is 28.5 Å². The van der Waals surface area contributed by atoms with Crippen LogP contribution in [0.25, 0.3) is 0 Å². The van der Waals surface area contributed by atoms with Gasteiger partial charge in [0.2, 0.25) is 15.1 Å². The second-order valence-corrected chi connectivity index (χ2v) is 15.2. The Labute approximate surface area is 180 Å². The van der Waals surface area contributed by atoms with E-state index < -0.39 is 14.6 Å². The van der Waals surface area contributed by atoms with E-state index in [-0.39, 0.29) is 37.4 Å². The number of rotatable bonds is 8. The summed E-state index contributed by atoms with van der Waals surface area (Å²) in [5.41, 5.74) is 3.54. The second-order valence-electron chi connectivity index (χ2n) is 9.78. The molecule has 3 heterocycles. The zero-order chi connectivity index (χ0) is 21.8. The molecule has 0 amide bonds. The number of fused-ring (bicyclic) bond motifs is 6. The van der Waals surface area contributed by atoms with Crippen LogP contribution in [0.2, 0.25) is 16.6 Å². The van der Waals surface area contributed by atoms with Crippen molar-refractivity contribution in [2.75, 3.05) is 20.5 Å². The van der Waals surface area contributed by atoms with Crippen molar-refractivity contribution in [3.8, 4) is 11.5 Å². The molecule has 3 aliphatic heterocycles. The molecule has 1 fully saturated rings. The van der Waals surface area contributed by atoms with E-state index in [1.807, 2.05) is 12.1 Å². The van der Waals surface area contributed by atoms with E-state index in [1.165, 1.54) is 0 Å². The molecule has 6 nitrogen and oxygen atoms in total. The number of benzene rings is 1. The molecule has 4 rings (SSSR count). The van der Waals surface area contributed by atoms with Crippen molar-refractivity contribution in [2.24, 2.45) is 11.8 Å². The average Bonchev–Trinajstić information content (AvgIpc) is 3.39. The predicted octanol–water partition coefficient (Wildman–Crippen LogP) is 4.93. The lowest BCUT2D eigenvalue weighted by Gasteiger charge is -2.46. The molecule has 168 valence electrons. The lowest BCUT2D eigenvalue weighted by Crippen LogP contribution is -2.53. The molecule has 1 unspecified atom stereocenters. The van der Waals surface area contributed by atoms with E-state index in [0.717, 1.165) is 22.6 Å². The van der Waals surface area contributed by atoms with Crippen LogP contribution in [0, 0.1) is 11.8 Å². The maximum absolute atomic E-state index is 10.3. The largest absolute Gasteiger partial charge is 0.454 e. The Morgan fingerprint density at radius 1 is 0.967 bits per heavy atom. The SMILES string of the molecule is COC(O[Si](C(C)C)(C(C)C)C(C)C)[C@@H]1[C@@H](CO)[C@@H]2O[C@H]1c1cc3c(cc12)OCO3. The third-order valence-corrected chi connectivity index (χ3v) is 13.6. The maximum Gasteiger partial charge on any atom is 0.231 e. The molecule has 7 heteroatoms. The van der Waals surface area contributed by atoms with Crippen molar-refractivity contribution in [1.82, 2.24) is 0 Å². The van der Waals surface area contributed by atoms with Gasteiger partial charge in [-0.1, -0.05) is 41.5 Å². The third-order valence-electron chi connectivity index (χ3n) is 7.50. The van der Waals surface area contributed by atoms with Gasteiger partial charge in [0.1, 0.15) is 0 Å². The van der Waals surface area contributed by atoms with E-state index in [2.05, 4.69) is 41.5 Å². The van der Waals surface area contributed by atoms with Crippen LogP contribution < -0.4 is 9.47 Å². The summed E-state index contributed by atoms with van der Waals surface area (Å²) in [6.07, 6.45) is -0.779. The molecule has 1 aromatic carbocycles. The first-order valence-electron chi connectivity index (χ1n) is 11.2. The molecule has 1 N–H and O–H groups in total. The van der Waals surface area contributed by atoms with Gasteiger partial charge in [0, 0.05) is 25.6 Å². The Morgan fingerprint density at radius 3 is 1.97 bits per heavy atom. The lowest BCUT2D eigenvalue weighted by molar-refractivity contribution is -0.129. The first-order chi connectivity index (χ1) is 14.3. The van der Waals surface area contributed by atoms with Gasteiger partial charge in [-0.15, -0.1) is 0 Å². The van der Waals surface area contributed by atoms with Crippen molar-refractivity contribution in [2.45, 2.75) is 76.7 Å². The Balaban J connectivity index is 1.70. The van der Waals surface area contributed by atoms with E-state index in [1.54, 1.807) is 7.11 Å².